The summed E-state index contributed by atoms with van der Waals surface area (Å²) in [6.45, 7) is 6.19. The molecule has 0 aliphatic heterocycles. The van der Waals surface area contributed by atoms with Crippen molar-refractivity contribution >= 4 is 0 Å². The van der Waals surface area contributed by atoms with Crippen LogP contribution in [0.15, 0.2) is 18.2 Å². The van der Waals surface area contributed by atoms with E-state index >= 15 is 0 Å². The van der Waals surface area contributed by atoms with Crippen LogP contribution in [0.5, 0.6) is 11.5 Å². The van der Waals surface area contributed by atoms with E-state index in [4.69, 9.17) is 9.47 Å². The average molecular weight is 291 g/mol. The summed E-state index contributed by atoms with van der Waals surface area (Å²) in [5.74, 6) is 2.67. The Morgan fingerprint density at radius 3 is 2.52 bits per heavy atom. The fourth-order valence-corrected chi connectivity index (χ4v) is 3.08. The molecule has 0 bridgehead atoms. The number of ether oxygens (including phenoxy) is 2. The summed E-state index contributed by atoms with van der Waals surface area (Å²) in [4.78, 5) is 0. The maximum Gasteiger partial charge on any atom is 0.166 e. The summed E-state index contributed by atoms with van der Waals surface area (Å²) < 4.78 is 11.8. The van der Waals surface area contributed by atoms with E-state index in [0.29, 0.717) is 6.10 Å². The predicted octanol–water partition coefficient (Wildman–Crippen LogP) is 4.15. The molecular formula is C18H29NO2. The van der Waals surface area contributed by atoms with Crippen LogP contribution in [0.3, 0.4) is 0 Å². The number of rotatable bonds is 7. The smallest absolute Gasteiger partial charge is 0.166 e. The van der Waals surface area contributed by atoms with Gasteiger partial charge in [-0.2, -0.15) is 0 Å². The zero-order chi connectivity index (χ0) is 15.1. The van der Waals surface area contributed by atoms with Crippen molar-refractivity contribution in [2.24, 2.45) is 5.92 Å². The van der Waals surface area contributed by atoms with Crippen molar-refractivity contribution in [3.05, 3.63) is 23.8 Å². The van der Waals surface area contributed by atoms with E-state index in [1.54, 1.807) is 7.11 Å². The third-order valence-corrected chi connectivity index (χ3v) is 4.50. The summed E-state index contributed by atoms with van der Waals surface area (Å²) in [6.07, 6.45) is 6.54. The summed E-state index contributed by atoms with van der Waals surface area (Å²) in [7, 11) is 1.72. The summed E-state index contributed by atoms with van der Waals surface area (Å²) in [5.41, 5.74) is 1.19. The Labute approximate surface area is 129 Å². The van der Waals surface area contributed by atoms with Crippen LogP contribution < -0.4 is 14.8 Å². The second-order valence-corrected chi connectivity index (χ2v) is 5.90. The van der Waals surface area contributed by atoms with Crippen LogP contribution in [0.2, 0.25) is 0 Å². The first kappa shape index (κ1) is 16.2. The third-order valence-electron chi connectivity index (χ3n) is 4.50. The summed E-state index contributed by atoms with van der Waals surface area (Å²) >= 11 is 0. The first-order valence-corrected chi connectivity index (χ1v) is 8.31. The van der Waals surface area contributed by atoms with Gasteiger partial charge in [0.25, 0.3) is 0 Å². The molecule has 2 rings (SSSR count). The van der Waals surface area contributed by atoms with E-state index in [1.165, 1.54) is 24.8 Å². The van der Waals surface area contributed by atoms with Crippen LogP contribution in [0.1, 0.15) is 51.5 Å². The monoisotopic (exact) mass is 291 g/mol. The summed E-state index contributed by atoms with van der Waals surface area (Å²) in [6, 6.07) is 6.15. The van der Waals surface area contributed by atoms with Crippen LogP contribution in [0.4, 0.5) is 0 Å². The van der Waals surface area contributed by atoms with Crippen LogP contribution in [-0.4, -0.2) is 19.8 Å². The second-order valence-electron chi connectivity index (χ2n) is 5.90. The molecule has 0 unspecified atom stereocenters. The molecule has 0 spiro atoms. The second kappa shape index (κ2) is 8.28. The number of para-hydroxylation sites is 1. The highest BCUT2D eigenvalue weighted by atomic mass is 16.5. The number of methoxy groups -OCH3 is 1. The van der Waals surface area contributed by atoms with E-state index in [1.807, 2.05) is 12.1 Å². The number of hydrogen-bond donors (Lipinski definition) is 1. The van der Waals surface area contributed by atoms with Crippen LogP contribution in [0, 0.1) is 5.92 Å². The number of nitrogens with one attached hydrogen (secondary N) is 1. The molecule has 3 nitrogen and oxygen atoms in total. The Balaban J connectivity index is 2.06. The zero-order valence-corrected chi connectivity index (χ0v) is 13.7. The average Bonchev–Trinajstić information content (AvgIpc) is 2.54. The fraction of sp³-hybridized carbons (Fsp3) is 0.667. The number of benzene rings is 1. The van der Waals surface area contributed by atoms with E-state index < -0.39 is 0 Å². The quantitative estimate of drug-likeness (QED) is 0.818. The van der Waals surface area contributed by atoms with Gasteiger partial charge in [-0.25, -0.2) is 0 Å². The third kappa shape index (κ3) is 4.37. The van der Waals surface area contributed by atoms with Gasteiger partial charge in [-0.05, 0) is 44.2 Å². The van der Waals surface area contributed by atoms with Gasteiger partial charge >= 0.3 is 0 Å². The minimum atomic E-state index is 0.337. The first-order chi connectivity index (χ1) is 10.3. The minimum Gasteiger partial charge on any atom is -0.493 e. The van der Waals surface area contributed by atoms with Gasteiger partial charge in [0.1, 0.15) is 0 Å². The Morgan fingerprint density at radius 1 is 1.14 bits per heavy atom. The van der Waals surface area contributed by atoms with Gasteiger partial charge in [-0.1, -0.05) is 32.4 Å². The molecule has 0 aromatic heterocycles. The molecular weight excluding hydrogens is 262 g/mol. The van der Waals surface area contributed by atoms with Crippen LogP contribution in [0.25, 0.3) is 0 Å². The lowest BCUT2D eigenvalue weighted by atomic mass is 9.86. The molecule has 1 aliphatic rings. The van der Waals surface area contributed by atoms with Crippen molar-refractivity contribution < 1.29 is 9.47 Å². The molecule has 21 heavy (non-hydrogen) atoms. The van der Waals surface area contributed by atoms with Crippen molar-refractivity contribution in [2.45, 2.75) is 58.6 Å². The molecule has 0 heterocycles. The molecule has 3 heteroatoms. The molecule has 1 N–H and O–H groups in total. The molecule has 1 fully saturated rings. The molecule has 118 valence electrons. The van der Waals surface area contributed by atoms with E-state index in [-0.39, 0.29) is 0 Å². The fourth-order valence-electron chi connectivity index (χ4n) is 3.08. The maximum atomic E-state index is 6.33. The van der Waals surface area contributed by atoms with E-state index in [2.05, 4.69) is 25.2 Å². The molecule has 0 radical (unpaired) electrons. The van der Waals surface area contributed by atoms with Crippen molar-refractivity contribution in [1.82, 2.24) is 5.32 Å². The van der Waals surface area contributed by atoms with Gasteiger partial charge in [0.2, 0.25) is 0 Å². The maximum absolute atomic E-state index is 6.33. The SMILES string of the molecule is CCNCc1cccc(OC)c1OC1CCC(CC)CC1. The molecule has 1 aromatic rings. The number of hydrogen-bond acceptors (Lipinski definition) is 3. The highest BCUT2D eigenvalue weighted by Crippen LogP contribution is 2.35. The van der Waals surface area contributed by atoms with Crippen molar-refractivity contribution in [3.8, 4) is 11.5 Å². The lowest BCUT2D eigenvalue weighted by Crippen LogP contribution is -2.25. The Kier molecular flexibility index (Phi) is 6.37. The van der Waals surface area contributed by atoms with Crippen molar-refractivity contribution in [3.63, 3.8) is 0 Å². The zero-order valence-electron chi connectivity index (χ0n) is 13.7. The van der Waals surface area contributed by atoms with Crippen molar-refractivity contribution in [2.75, 3.05) is 13.7 Å². The van der Waals surface area contributed by atoms with Gasteiger partial charge in [-0.3, -0.25) is 0 Å². The normalized spacial score (nSPS) is 22.0. The molecule has 1 saturated carbocycles. The van der Waals surface area contributed by atoms with Gasteiger partial charge in [0.15, 0.2) is 11.5 Å². The van der Waals surface area contributed by atoms with Gasteiger partial charge in [0.05, 0.1) is 13.2 Å². The van der Waals surface area contributed by atoms with Crippen LogP contribution >= 0.6 is 0 Å². The highest BCUT2D eigenvalue weighted by Gasteiger charge is 2.23. The molecule has 1 aromatic carbocycles. The molecule has 0 atom stereocenters. The molecule has 0 saturated heterocycles. The predicted molar refractivity (Wildman–Crippen MR) is 87.0 cm³/mol. The van der Waals surface area contributed by atoms with Crippen molar-refractivity contribution in [1.29, 1.82) is 0 Å². The standard InChI is InChI=1S/C18H29NO2/c1-4-14-9-11-16(12-10-14)21-18-15(13-19-5-2)7-6-8-17(18)20-3/h6-8,14,16,19H,4-5,9-13H2,1-3H3. The Morgan fingerprint density at radius 2 is 1.90 bits per heavy atom. The largest absolute Gasteiger partial charge is 0.493 e. The van der Waals surface area contributed by atoms with E-state index in [0.717, 1.165) is 43.3 Å². The summed E-state index contributed by atoms with van der Waals surface area (Å²) in [5, 5.41) is 3.37. The molecule has 1 aliphatic carbocycles. The Hall–Kier alpha value is -1.22. The molecule has 0 amide bonds. The topological polar surface area (TPSA) is 30.5 Å². The van der Waals surface area contributed by atoms with Gasteiger partial charge in [0, 0.05) is 12.1 Å². The van der Waals surface area contributed by atoms with Crippen LogP contribution in [-0.2, 0) is 6.54 Å². The lowest BCUT2D eigenvalue weighted by molar-refractivity contribution is 0.124. The van der Waals surface area contributed by atoms with E-state index in [9.17, 15) is 0 Å². The van der Waals surface area contributed by atoms with Gasteiger partial charge < -0.3 is 14.8 Å². The van der Waals surface area contributed by atoms with Gasteiger partial charge in [-0.15, -0.1) is 0 Å². The first-order valence-electron chi connectivity index (χ1n) is 8.31. The highest BCUT2D eigenvalue weighted by molar-refractivity contribution is 5.46. The Bertz CT molecular complexity index is 425. The minimum absolute atomic E-state index is 0.337. The lowest BCUT2D eigenvalue weighted by Gasteiger charge is -2.29.